The fraction of sp³-hybridized carbons (Fsp3) is 0.464. The van der Waals surface area contributed by atoms with Gasteiger partial charge in [0.1, 0.15) is 11.7 Å². The SMILES string of the molecule is COc1ccc2c(c1OC)C(=O)O[C@@H]2[C@H]1c2c(c(Br)c3c(c2OC)OCO3)CCN1Cc1cn(CC(C)(C)O)nn1. The molecular weight excluding hydrogens is 600 g/mol. The molecule has 2 aromatic carbocycles. The largest absolute Gasteiger partial charge is 0.493 e. The highest BCUT2D eigenvalue weighted by Gasteiger charge is 2.48. The van der Waals surface area contributed by atoms with Crippen molar-refractivity contribution in [2.45, 2.75) is 51.1 Å². The first-order valence-electron chi connectivity index (χ1n) is 13.1. The number of aliphatic hydroxyl groups is 1. The summed E-state index contributed by atoms with van der Waals surface area (Å²) >= 11 is 3.75. The van der Waals surface area contributed by atoms with Gasteiger partial charge in [0.2, 0.25) is 12.5 Å². The quantitative estimate of drug-likeness (QED) is 0.367. The molecule has 13 heteroatoms. The number of esters is 1. The Morgan fingerprint density at radius 1 is 1.12 bits per heavy atom. The van der Waals surface area contributed by atoms with Crippen molar-refractivity contribution in [2.24, 2.45) is 0 Å². The molecule has 0 amide bonds. The molecule has 0 radical (unpaired) electrons. The highest BCUT2D eigenvalue weighted by atomic mass is 79.9. The summed E-state index contributed by atoms with van der Waals surface area (Å²) in [7, 11) is 4.61. The second-order valence-electron chi connectivity index (χ2n) is 10.8. The lowest BCUT2D eigenvalue weighted by atomic mass is 9.85. The van der Waals surface area contributed by atoms with Gasteiger partial charge in [-0.15, -0.1) is 5.10 Å². The molecular formula is C28H31BrN4O8. The maximum absolute atomic E-state index is 13.4. The minimum absolute atomic E-state index is 0.0735. The Hall–Kier alpha value is -3.55. The zero-order valence-corrected chi connectivity index (χ0v) is 25.0. The van der Waals surface area contributed by atoms with Gasteiger partial charge in [0, 0.05) is 30.4 Å². The number of aromatic nitrogens is 3. The minimum Gasteiger partial charge on any atom is -0.493 e. The molecule has 0 spiro atoms. The van der Waals surface area contributed by atoms with Crippen LogP contribution in [0.5, 0.6) is 28.7 Å². The molecule has 0 aliphatic carbocycles. The summed E-state index contributed by atoms with van der Waals surface area (Å²) < 4.78 is 37.2. The zero-order valence-electron chi connectivity index (χ0n) is 23.4. The van der Waals surface area contributed by atoms with Gasteiger partial charge in [0.15, 0.2) is 23.0 Å². The Morgan fingerprint density at radius 3 is 2.59 bits per heavy atom. The van der Waals surface area contributed by atoms with E-state index in [0.29, 0.717) is 71.6 Å². The summed E-state index contributed by atoms with van der Waals surface area (Å²) in [5.41, 5.74) is 2.60. The van der Waals surface area contributed by atoms with Gasteiger partial charge >= 0.3 is 5.97 Å². The predicted octanol–water partition coefficient (Wildman–Crippen LogP) is 3.58. The smallest absolute Gasteiger partial charge is 0.343 e. The third kappa shape index (κ3) is 4.65. The minimum atomic E-state index is -0.943. The molecule has 3 aliphatic heterocycles. The highest BCUT2D eigenvalue weighted by molar-refractivity contribution is 9.10. The number of fused-ring (bicyclic) bond motifs is 3. The van der Waals surface area contributed by atoms with Crippen molar-refractivity contribution in [2.75, 3.05) is 34.7 Å². The molecule has 1 aromatic heterocycles. The van der Waals surface area contributed by atoms with Crippen LogP contribution in [0.4, 0.5) is 0 Å². The van der Waals surface area contributed by atoms with Gasteiger partial charge in [0.25, 0.3) is 0 Å². The van der Waals surface area contributed by atoms with E-state index >= 15 is 0 Å². The van der Waals surface area contributed by atoms with E-state index in [1.54, 1.807) is 31.7 Å². The topological polar surface area (TPSA) is 127 Å². The number of halogens is 1. The zero-order chi connectivity index (χ0) is 29.1. The number of hydrogen-bond donors (Lipinski definition) is 1. The monoisotopic (exact) mass is 630 g/mol. The number of methoxy groups -OCH3 is 3. The van der Waals surface area contributed by atoms with E-state index in [1.165, 1.54) is 14.2 Å². The number of nitrogens with zero attached hydrogens (tertiary/aromatic N) is 4. The maximum atomic E-state index is 13.4. The molecule has 218 valence electrons. The Kier molecular flexibility index (Phi) is 6.99. The molecule has 0 saturated heterocycles. The number of hydrogen-bond acceptors (Lipinski definition) is 11. The van der Waals surface area contributed by atoms with Gasteiger partial charge in [-0.2, -0.15) is 0 Å². The molecule has 6 rings (SSSR count). The van der Waals surface area contributed by atoms with Gasteiger partial charge < -0.3 is 33.5 Å². The van der Waals surface area contributed by atoms with Crippen LogP contribution in [-0.4, -0.2) is 71.2 Å². The molecule has 12 nitrogen and oxygen atoms in total. The van der Waals surface area contributed by atoms with E-state index in [9.17, 15) is 9.90 Å². The van der Waals surface area contributed by atoms with Crippen molar-refractivity contribution in [3.05, 3.63) is 50.8 Å². The third-order valence-corrected chi connectivity index (χ3v) is 8.34. The van der Waals surface area contributed by atoms with E-state index in [2.05, 4.69) is 31.1 Å². The number of benzene rings is 2. The first-order chi connectivity index (χ1) is 19.6. The molecule has 3 aromatic rings. The molecule has 0 fully saturated rings. The van der Waals surface area contributed by atoms with E-state index in [1.807, 2.05) is 12.3 Å². The van der Waals surface area contributed by atoms with Gasteiger partial charge in [-0.25, -0.2) is 9.48 Å². The molecule has 1 N–H and O–H groups in total. The van der Waals surface area contributed by atoms with Crippen molar-refractivity contribution in [1.82, 2.24) is 19.9 Å². The molecule has 3 aliphatic rings. The van der Waals surface area contributed by atoms with Gasteiger partial charge in [-0.1, -0.05) is 11.3 Å². The number of rotatable bonds is 8. The van der Waals surface area contributed by atoms with Crippen molar-refractivity contribution in [1.29, 1.82) is 0 Å². The summed E-state index contributed by atoms with van der Waals surface area (Å²) in [6, 6.07) is 3.13. The second-order valence-corrected chi connectivity index (χ2v) is 11.6. The Bertz CT molecular complexity index is 1520. The van der Waals surface area contributed by atoms with Gasteiger partial charge in [0.05, 0.1) is 49.7 Å². The molecule has 4 heterocycles. The van der Waals surface area contributed by atoms with Crippen LogP contribution in [0.15, 0.2) is 22.8 Å². The first-order valence-corrected chi connectivity index (χ1v) is 13.9. The summed E-state index contributed by atoms with van der Waals surface area (Å²) in [6.07, 6.45) is 1.78. The second kappa shape index (κ2) is 10.4. The van der Waals surface area contributed by atoms with E-state index in [-0.39, 0.29) is 6.79 Å². The van der Waals surface area contributed by atoms with Crippen molar-refractivity contribution in [3.63, 3.8) is 0 Å². The summed E-state index contributed by atoms with van der Waals surface area (Å²) in [4.78, 5) is 15.6. The summed E-state index contributed by atoms with van der Waals surface area (Å²) in [5.74, 6) is 1.89. The predicted molar refractivity (Wildman–Crippen MR) is 148 cm³/mol. The lowest BCUT2D eigenvalue weighted by Crippen LogP contribution is -2.39. The standard InChI is InChI=1S/C28H31BrN4O8/c1-28(2,35)12-33-11-14(30-31-33)10-32-9-8-15-18(24(38-5)26-25(20(15)29)39-13-40-26)21(32)22-16-6-7-17(36-3)23(37-4)19(16)27(34)41-22/h6-7,11,21-22,35H,8-10,12-13H2,1-5H3/t21-,22+/m1/s1. The van der Waals surface area contributed by atoms with Crippen LogP contribution in [0.3, 0.4) is 0 Å². The van der Waals surface area contributed by atoms with E-state index in [0.717, 1.165) is 15.6 Å². The van der Waals surface area contributed by atoms with Crippen LogP contribution in [0.25, 0.3) is 0 Å². The van der Waals surface area contributed by atoms with Crippen molar-refractivity contribution in [3.8, 4) is 28.7 Å². The fourth-order valence-electron chi connectivity index (χ4n) is 5.94. The summed E-state index contributed by atoms with van der Waals surface area (Å²) in [5, 5.41) is 18.8. The lowest BCUT2D eigenvalue weighted by molar-refractivity contribution is 0.000179. The van der Waals surface area contributed by atoms with Crippen LogP contribution >= 0.6 is 15.9 Å². The number of cyclic esters (lactones) is 1. The maximum Gasteiger partial charge on any atom is 0.343 e. The van der Waals surface area contributed by atoms with Crippen LogP contribution in [0.2, 0.25) is 0 Å². The van der Waals surface area contributed by atoms with Crippen LogP contribution < -0.4 is 23.7 Å². The normalized spacial score (nSPS) is 19.5. The number of carbonyl (C=O) groups excluding carboxylic acids is 1. The van der Waals surface area contributed by atoms with Crippen LogP contribution in [0.1, 0.15) is 58.7 Å². The molecule has 0 unspecified atom stereocenters. The molecule has 41 heavy (non-hydrogen) atoms. The fourth-order valence-corrected chi connectivity index (χ4v) is 6.64. The van der Waals surface area contributed by atoms with Crippen LogP contribution in [-0.2, 0) is 24.2 Å². The number of carbonyl (C=O) groups is 1. The Labute approximate surface area is 245 Å². The lowest BCUT2D eigenvalue weighted by Gasteiger charge is -2.40. The molecule has 0 bridgehead atoms. The molecule has 0 saturated carbocycles. The van der Waals surface area contributed by atoms with Gasteiger partial charge in [-0.3, -0.25) is 4.90 Å². The van der Waals surface area contributed by atoms with Gasteiger partial charge in [-0.05, 0) is 47.8 Å². The Balaban J connectivity index is 1.49. The first kappa shape index (κ1) is 27.6. The van der Waals surface area contributed by atoms with Crippen molar-refractivity contribution < 1.29 is 38.3 Å². The summed E-state index contributed by atoms with van der Waals surface area (Å²) in [6.45, 7) is 4.83. The Morgan fingerprint density at radius 2 is 1.88 bits per heavy atom. The average Bonchev–Trinajstić information content (AvgIpc) is 3.67. The van der Waals surface area contributed by atoms with E-state index in [4.69, 9.17) is 28.4 Å². The molecule has 2 atom stereocenters. The average molecular weight is 631 g/mol. The van der Waals surface area contributed by atoms with E-state index < -0.39 is 23.7 Å². The third-order valence-electron chi connectivity index (χ3n) is 7.50. The van der Waals surface area contributed by atoms with Crippen LogP contribution in [0, 0.1) is 0 Å². The number of ether oxygens (including phenoxy) is 6. The van der Waals surface area contributed by atoms with Crippen molar-refractivity contribution >= 4 is 21.9 Å². The highest BCUT2D eigenvalue weighted by Crippen LogP contribution is 2.58.